The van der Waals surface area contributed by atoms with Gasteiger partial charge < -0.3 is 15.4 Å². The number of nitrogens with zero attached hydrogens (tertiary/aromatic N) is 1. The Bertz CT molecular complexity index is 973. The van der Waals surface area contributed by atoms with Crippen LogP contribution in [0.1, 0.15) is 24.2 Å². The Labute approximate surface area is 161 Å². The first kappa shape index (κ1) is 19.3. The maximum Gasteiger partial charge on any atom is 0.257 e. The average Bonchev–Trinajstić information content (AvgIpc) is 2.66. The molecule has 1 heterocycles. The summed E-state index contributed by atoms with van der Waals surface area (Å²) in [5, 5.41) is 5.39. The van der Waals surface area contributed by atoms with Crippen LogP contribution in [0.4, 0.5) is 25.8 Å². The Hall–Kier alpha value is -3.48. The standard InChI is InChI=1S/C21H19F2N3O2/c1-13(2)28-19-9-4-3-8-18(19)25-15-10-14(11-24-12-15)21(27)26-20-16(22)6-5-7-17(20)23/h3-13,25H,1-2H3,(H,26,27). The molecule has 2 N–H and O–H groups in total. The zero-order valence-corrected chi connectivity index (χ0v) is 15.4. The van der Waals surface area contributed by atoms with E-state index in [1.54, 1.807) is 0 Å². The Kier molecular flexibility index (Phi) is 5.84. The van der Waals surface area contributed by atoms with Gasteiger partial charge in [0, 0.05) is 6.20 Å². The van der Waals surface area contributed by atoms with Crippen molar-refractivity contribution >= 4 is 23.0 Å². The summed E-state index contributed by atoms with van der Waals surface area (Å²) in [6, 6.07) is 12.3. The number of amides is 1. The van der Waals surface area contributed by atoms with Gasteiger partial charge in [-0.15, -0.1) is 0 Å². The monoisotopic (exact) mass is 383 g/mol. The molecule has 0 aliphatic heterocycles. The SMILES string of the molecule is CC(C)Oc1ccccc1Nc1cncc(C(=O)Nc2c(F)cccc2F)c1. The van der Waals surface area contributed by atoms with E-state index in [9.17, 15) is 13.6 Å². The van der Waals surface area contributed by atoms with Gasteiger partial charge in [-0.05, 0) is 44.2 Å². The summed E-state index contributed by atoms with van der Waals surface area (Å²) >= 11 is 0. The largest absolute Gasteiger partial charge is 0.489 e. The predicted molar refractivity (Wildman–Crippen MR) is 104 cm³/mol. The molecule has 5 nitrogen and oxygen atoms in total. The number of hydrogen-bond donors (Lipinski definition) is 2. The number of benzene rings is 2. The summed E-state index contributed by atoms with van der Waals surface area (Å²) in [6.45, 7) is 3.84. The van der Waals surface area contributed by atoms with Crippen molar-refractivity contribution in [3.05, 3.63) is 78.1 Å². The number of aromatic nitrogens is 1. The number of ether oxygens (including phenoxy) is 1. The molecule has 1 aromatic heterocycles. The van der Waals surface area contributed by atoms with E-state index < -0.39 is 23.2 Å². The minimum Gasteiger partial charge on any atom is -0.489 e. The first-order valence-electron chi connectivity index (χ1n) is 8.67. The highest BCUT2D eigenvalue weighted by Crippen LogP contribution is 2.28. The molecular formula is C21H19F2N3O2. The van der Waals surface area contributed by atoms with Gasteiger partial charge in [0.1, 0.15) is 23.1 Å². The number of carbonyl (C=O) groups excluding carboxylic acids is 1. The van der Waals surface area contributed by atoms with E-state index in [2.05, 4.69) is 15.6 Å². The molecule has 0 radical (unpaired) electrons. The Morgan fingerprint density at radius 1 is 1.04 bits per heavy atom. The van der Waals surface area contributed by atoms with E-state index in [4.69, 9.17) is 4.74 Å². The Morgan fingerprint density at radius 3 is 2.46 bits per heavy atom. The van der Waals surface area contributed by atoms with Gasteiger partial charge in [-0.2, -0.15) is 0 Å². The molecule has 0 spiro atoms. The molecule has 0 fully saturated rings. The fraction of sp³-hybridized carbons (Fsp3) is 0.143. The minimum absolute atomic E-state index is 0.00569. The van der Waals surface area contributed by atoms with Crippen LogP contribution in [0.3, 0.4) is 0 Å². The molecular weight excluding hydrogens is 364 g/mol. The van der Waals surface area contributed by atoms with E-state index in [1.807, 2.05) is 38.1 Å². The number of pyridine rings is 1. The number of hydrogen-bond acceptors (Lipinski definition) is 4. The molecule has 0 saturated heterocycles. The van der Waals surface area contributed by atoms with Crippen molar-refractivity contribution in [2.45, 2.75) is 20.0 Å². The fourth-order valence-electron chi connectivity index (χ4n) is 2.52. The lowest BCUT2D eigenvalue weighted by molar-refractivity contribution is 0.102. The molecule has 1 amide bonds. The van der Waals surface area contributed by atoms with E-state index in [0.717, 1.165) is 12.1 Å². The molecule has 7 heteroatoms. The number of rotatable bonds is 6. The number of carbonyl (C=O) groups is 1. The number of halogens is 2. The van der Waals surface area contributed by atoms with Crippen LogP contribution < -0.4 is 15.4 Å². The van der Waals surface area contributed by atoms with Crippen LogP contribution in [0.15, 0.2) is 60.9 Å². The van der Waals surface area contributed by atoms with Crippen LogP contribution in [-0.2, 0) is 0 Å². The first-order chi connectivity index (χ1) is 13.4. The molecule has 0 atom stereocenters. The van der Waals surface area contributed by atoms with E-state index >= 15 is 0 Å². The topological polar surface area (TPSA) is 63.2 Å². The van der Waals surface area contributed by atoms with Crippen LogP contribution >= 0.6 is 0 Å². The summed E-state index contributed by atoms with van der Waals surface area (Å²) in [7, 11) is 0. The van der Waals surface area contributed by atoms with Gasteiger partial charge in [0.05, 0.1) is 29.2 Å². The zero-order valence-electron chi connectivity index (χ0n) is 15.4. The van der Waals surface area contributed by atoms with Crippen LogP contribution in [0.25, 0.3) is 0 Å². The summed E-state index contributed by atoms with van der Waals surface area (Å²) < 4.78 is 33.2. The molecule has 0 bridgehead atoms. The maximum atomic E-state index is 13.7. The van der Waals surface area contributed by atoms with Gasteiger partial charge in [0.15, 0.2) is 0 Å². The molecule has 3 aromatic rings. The van der Waals surface area contributed by atoms with Crippen LogP contribution in [0, 0.1) is 11.6 Å². The second-order valence-corrected chi connectivity index (χ2v) is 6.30. The van der Waals surface area contributed by atoms with Crippen LogP contribution in [0.5, 0.6) is 5.75 Å². The number of para-hydroxylation sites is 3. The Morgan fingerprint density at radius 2 is 1.75 bits per heavy atom. The quantitative estimate of drug-likeness (QED) is 0.618. The number of anilines is 3. The molecule has 0 unspecified atom stereocenters. The highest BCUT2D eigenvalue weighted by molar-refractivity contribution is 6.04. The molecule has 144 valence electrons. The third-order valence-electron chi connectivity index (χ3n) is 3.73. The second-order valence-electron chi connectivity index (χ2n) is 6.30. The van der Waals surface area contributed by atoms with Gasteiger partial charge in [0.2, 0.25) is 0 Å². The van der Waals surface area contributed by atoms with Gasteiger partial charge in [0.25, 0.3) is 5.91 Å². The van der Waals surface area contributed by atoms with Crippen molar-refractivity contribution < 1.29 is 18.3 Å². The molecule has 0 aliphatic carbocycles. The van der Waals surface area contributed by atoms with Gasteiger partial charge in [-0.3, -0.25) is 9.78 Å². The highest BCUT2D eigenvalue weighted by Gasteiger charge is 2.14. The van der Waals surface area contributed by atoms with Crippen molar-refractivity contribution in [1.29, 1.82) is 0 Å². The summed E-state index contributed by atoms with van der Waals surface area (Å²) in [5.74, 6) is -1.72. The van der Waals surface area contributed by atoms with Crippen molar-refractivity contribution in [2.75, 3.05) is 10.6 Å². The first-order valence-corrected chi connectivity index (χ1v) is 8.67. The lowest BCUT2D eigenvalue weighted by Crippen LogP contribution is -2.15. The summed E-state index contributed by atoms with van der Waals surface area (Å²) in [6.07, 6.45) is 2.84. The third kappa shape index (κ3) is 4.62. The lowest BCUT2D eigenvalue weighted by atomic mass is 10.2. The molecule has 2 aromatic carbocycles. The second kappa shape index (κ2) is 8.47. The van der Waals surface area contributed by atoms with Crippen molar-refractivity contribution in [3.63, 3.8) is 0 Å². The van der Waals surface area contributed by atoms with E-state index in [0.29, 0.717) is 17.1 Å². The highest BCUT2D eigenvalue weighted by atomic mass is 19.1. The molecule has 28 heavy (non-hydrogen) atoms. The van der Waals surface area contributed by atoms with Gasteiger partial charge in [-0.1, -0.05) is 18.2 Å². The molecule has 0 aliphatic rings. The summed E-state index contributed by atoms with van der Waals surface area (Å²) in [5.41, 5.74) is 0.883. The maximum absolute atomic E-state index is 13.7. The smallest absolute Gasteiger partial charge is 0.257 e. The zero-order chi connectivity index (χ0) is 20.1. The third-order valence-corrected chi connectivity index (χ3v) is 3.73. The van der Waals surface area contributed by atoms with Crippen LogP contribution in [0.2, 0.25) is 0 Å². The lowest BCUT2D eigenvalue weighted by Gasteiger charge is -2.15. The van der Waals surface area contributed by atoms with Crippen molar-refractivity contribution in [1.82, 2.24) is 4.98 Å². The Balaban J connectivity index is 1.80. The van der Waals surface area contributed by atoms with E-state index in [1.165, 1.54) is 24.5 Å². The fourth-order valence-corrected chi connectivity index (χ4v) is 2.52. The van der Waals surface area contributed by atoms with Crippen LogP contribution in [-0.4, -0.2) is 17.0 Å². The average molecular weight is 383 g/mol. The normalized spacial score (nSPS) is 10.6. The molecule has 3 rings (SSSR count). The van der Waals surface area contributed by atoms with Crippen molar-refractivity contribution in [3.8, 4) is 5.75 Å². The minimum atomic E-state index is -0.852. The van der Waals surface area contributed by atoms with Gasteiger partial charge in [-0.25, -0.2) is 8.78 Å². The van der Waals surface area contributed by atoms with E-state index in [-0.39, 0.29) is 11.7 Å². The number of nitrogens with one attached hydrogen (secondary N) is 2. The van der Waals surface area contributed by atoms with Crippen molar-refractivity contribution in [2.24, 2.45) is 0 Å². The summed E-state index contributed by atoms with van der Waals surface area (Å²) in [4.78, 5) is 16.4. The predicted octanol–water partition coefficient (Wildman–Crippen LogP) is 5.14. The molecule has 0 saturated carbocycles. The van der Waals surface area contributed by atoms with Gasteiger partial charge >= 0.3 is 0 Å².